The number of fused-ring (bicyclic) bond motifs is 3. The van der Waals surface area contributed by atoms with Crippen LogP contribution in [0.25, 0.3) is 10.9 Å². The van der Waals surface area contributed by atoms with Crippen molar-refractivity contribution in [2.45, 2.75) is 38.5 Å². The van der Waals surface area contributed by atoms with E-state index in [1.807, 2.05) is 24.4 Å². The first-order valence-electron chi connectivity index (χ1n) is 10.7. The van der Waals surface area contributed by atoms with Gasteiger partial charge >= 0.3 is 0 Å². The third-order valence-corrected chi connectivity index (χ3v) is 6.95. The van der Waals surface area contributed by atoms with Crippen molar-refractivity contribution in [3.8, 4) is 5.75 Å². The molecule has 4 nitrogen and oxygen atoms in total. The Balaban J connectivity index is 1.21. The molecule has 2 aromatic carbocycles. The van der Waals surface area contributed by atoms with Gasteiger partial charge in [-0.15, -0.1) is 0 Å². The first-order chi connectivity index (χ1) is 14.2. The van der Waals surface area contributed by atoms with Crippen LogP contribution in [0.1, 0.15) is 44.1 Å². The average Bonchev–Trinajstić information content (AvgIpc) is 3.09. The minimum absolute atomic E-state index is 0.0682. The molecule has 1 amide bonds. The van der Waals surface area contributed by atoms with Gasteiger partial charge in [0.1, 0.15) is 5.75 Å². The lowest BCUT2D eigenvalue weighted by Crippen LogP contribution is -2.41. The van der Waals surface area contributed by atoms with Crippen LogP contribution in [-0.2, 0) is 4.79 Å². The van der Waals surface area contributed by atoms with Crippen LogP contribution in [0.15, 0.2) is 54.7 Å². The summed E-state index contributed by atoms with van der Waals surface area (Å²) in [6.45, 7) is 2.27. The van der Waals surface area contributed by atoms with E-state index in [9.17, 15) is 4.79 Å². The third kappa shape index (κ3) is 3.64. The lowest BCUT2D eigenvalue weighted by molar-refractivity contribution is -0.114. The molecule has 2 atom stereocenters. The van der Waals surface area contributed by atoms with E-state index in [1.165, 1.54) is 31.7 Å². The highest BCUT2D eigenvalue weighted by molar-refractivity contribution is 6.01. The van der Waals surface area contributed by atoms with Gasteiger partial charge in [0.2, 0.25) is 5.91 Å². The molecule has 3 aliphatic rings. The maximum absolute atomic E-state index is 11.4. The topological polar surface area (TPSA) is 54.1 Å². The lowest BCUT2D eigenvalue weighted by Gasteiger charge is -2.52. The Bertz CT molecular complexity index is 1000. The summed E-state index contributed by atoms with van der Waals surface area (Å²) in [5.74, 6) is 4.07. The number of benzene rings is 2. The summed E-state index contributed by atoms with van der Waals surface area (Å²) in [5, 5.41) is 3.86. The predicted octanol–water partition coefficient (Wildman–Crippen LogP) is 5.73. The van der Waals surface area contributed by atoms with Crippen molar-refractivity contribution in [1.29, 1.82) is 0 Å². The minimum atomic E-state index is -0.0682. The number of amides is 1. The Morgan fingerprint density at radius 1 is 1.10 bits per heavy atom. The van der Waals surface area contributed by atoms with Crippen molar-refractivity contribution >= 4 is 22.5 Å². The zero-order valence-electron chi connectivity index (χ0n) is 16.9. The highest BCUT2D eigenvalue weighted by Crippen LogP contribution is 2.56. The molecule has 3 saturated carbocycles. The van der Waals surface area contributed by atoms with Crippen molar-refractivity contribution in [3.63, 3.8) is 0 Å². The van der Waals surface area contributed by atoms with Crippen LogP contribution >= 0.6 is 0 Å². The maximum atomic E-state index is 11.4. The van der Waals surface area contributed by atoms with E-state index in [0.717, 1.165) is 59.0 Å². The Morgan fingerprint density at radius 2 is 1.93 bits per heavy atom. The second-order valence-corrected chi connectivity index (χ2v) is 8.73. The lowest BCUT2D eigenvalue weighted by atomic mass is 9.53. The van der Waals surface area contributed by atoms with E-state index in [0.29, 0.717) is 0 Å². The second kappa shape index (κ2) is 7.58. The van der Waals surface area contributed by atoms with Gasteiger partial charge in [-0.3, -0.25) is 4.79 Å². The molecule has 0 unspecified atom stereocenters. The summed E-state index contributed by atoms with van der Waals surface area (Å²) in [6.07, 6.45) is 7.02. The largest absolute Gasteiger partial charge is 0.494 e. The number of aromatic amines is 1. The molecule has 0 spiro atoms. The fourth-order valence-electron chi connectivity index (χ4n) is 5.41. The van der Waals surface area contributed by atoms with Crippen LogP contribution in [0.2, 0.25) is 0 Å². The van der Waals surface area contributed by atoms with Crippen molar-refractivity contribution in [2.75, 3.05) is 11.9 Å². The first-order valence-corrected chi connectivity index (χ1v) is 10.7. The number of aromatic nitrogens is 1. The number of nitrogens with one attached hydrogen (secondary N) is 2. The van der Waals surface area contributed by atoms with Gasteiger partial charge in [0.05, 0.1) is 12.3 Å². The molecule has 1 aromatic heterocycles. The number of hydrogen-bond donors (Lipinski definition) is 2. The summed E-state index contributed by atoms with van der Waals surface area (Å²) in [7, 11) is 0. The van der Waals surface area contributed by atoms with Crippen molar-refractivity contribution in [1.82, 2.24) is 4.98 Å². The van der Waals surface area contributed by atoms with Crippen LogP contribution in [0.4, 0.5) is 5.69 Å². The summed E-state index contributed by atoms with van der Waals surface area (Å²) in [4.78, 5) is 14.6. The SMILES string of the molecule is CC(=O)Nc1c[nH]c2ccc(OCC[C@@H]3C[C@H](c4ccccc4)C4CC3C4)cc12. The third-order valence-electron chi connectivity index (χ3n) is 6.95. The van der Waals surface area contributed by atoms with Gasteiger partial charge in [0, 0.05) is 24.0 Å². The minimum Gasteiger partial charge on any atom is -0.494 e. The highest BCUT2D eigenvalue weighted by Gasteiger charge is 2.45. The summed E-state index contributed by atoms with van der Waals surface area (Å²) in [5.41, 5.74) is 3.32. The Hall–Kier alpha value is -2.75. The molecule has 0 radical (unpaired) electrons. The Labute approximate surface area is 171 Å². The van der Waals surface area contributed by atoms with Gasteiger partial charge in [-0.05, 0) is 73.1 Å². The molecule has 150 valence electrons. The summed E-state index contributed by atoms with van der Waals surface area (Å²) < 4.78 is 6.13. The predicted molar refractivity (Wildman–Crippen MR) is 116 cm³/mol. The van der Waals surface area contributed by atoms with E-state index in [4.69, 9.17) is 4.74 Å². The summed E-state index contributed by atoms with van der Waals surface area (Å²) >= 11 is 0. The normalized spacial score (nSPS) is 25.4. The molecule has 6 rings (SSSR count). The highest BCUT2D eigenvalue weighted by atomic mass is 16.5. The van der Waals surface area contributed by atoms with E-state index in [2.05, 4.69) is 40.6 Å². The number of carbonyl (C=O) groups excluding carboxylic acids is 1. The quantitative estimate of drug-likeness (QED) is 0.567. The molecule has 29 heavy (non-hydrogen) atoms. The Morgan fingerprint density at radius 3 is 2.72 bits per heavy atom. The van der Waals surface area contributed by atoms with Crippen molar-refractivity contribution in [2.24, 2.45) is 17.8 Å². The fraction of sp³-hybridized carbons (Fsp3) is 0.400. The van der Waals surface area contributed by atoms with E-state index >= 15 is 0 Å². The van der Waals surface area contributed by atoms with Crippen molar-refractivity contribution in [3.05, 3.63) is 60.3 Å². The average molecular weight is 389 g/mol. The second-order valence-electron chi connectivity index (χ2n) is 8.73. The Kier molecular flexibility index (Phi) is 4.78. The number of H-pyrrole nitrogens is 1. The zero-order chi connectivity index (χ0) is 19.8. The zero-order valence-corrected chi connectivity index (χ0v) is 16.9. The number of rotatable bonds is 6. The first kappa shape index (κ1) is 18.3. The number of hydrogen-bond acceptors (Lipinski definition) is 2. The molecule has 3 aromatic rings. The van der Waals surface area contributed by atoms with E-state index in [1.54, 1.807) is 0 Å². The molecule has 2 bridgehead atoms. The monoisotopic (exact) mass is 388 g/mol. The van der Waals surface area contributed by atoms with Crippen LogP contribution in [0.3, 0.4) is 0 Å². The molecule has 0 saturated heterocycles. The van der Waals surface area contributed by atoms with Crippen LogP contribution in [-0.4, -0.2) is 17.5 Å². The van der Waals surface area contributed by atoms with Crippen LogP contribution in [0, 0.1) is 17.8 Å². The van der Waals surface area contributed by atoms with E-state index in [-0.39, 0.29) is 5.91 Å². The number of ether oxygens (including phenoxy) is 1. The van der Waals surface area contributed by atoms with Gasteiger partial charge < -0.3 is 15.0 Å². The van der Waals surface area contributed by atoms with Crippen molar-refractivity contribution < 1.29 is 9.53 Å². The fourth-order valence-corrected chi connectivity index (χ4v) is 5.41. The van der Waals surface area contributed by atoms with Gasteiger partial charge in [-0.25, -0.2) is 0 Å². The molecule has 0 aliphatic heterocycles. The summed E-state index contributed by atoms with van der Waals surface area (Å²) in [6, 6.07) is 17.1. The number of anilines is 1. The smallest absolute Gasteiger partial charge is 0.221 e. The molecule has 1 heterocycles. The number of carbonyl (C=O) groups is 1. The van der Waals surface area contributed by atoms with Crippen LogP contribution in [0.5, 0.6) is 5.75 Å². The molecule has 4 heteroatoms. The van der Waals surface area contributed by atoms with Gasteiger partial charge in [0.15, 0.2) is 0 Å². The molecule has 2 N–H and O–H groups in total. The molecular weight excluding hydrogens is 360 g/mol. The van der Waals surface area contributed by atoms with E-state index < -0.39 is 0 Å². The molecule has 3 fully saturated rings. The van der Waals surface area contributed by atoms with Gasteiger partial charge in [-0.1, -0.05) is 30.3 Å². The van der Waals surface area contributed by atoms with Gasteiger partial charge in [-0.2, -0.15) is 0 Å². The maximum Gasteiger partial charge on any atom is 0.221 e. The van der Waals surface area contributed by atoms with Crippen LogP contribution < -0.4 is 10.1 Å². The molecular formula is C25H28N2O2. The standard InChI is InChI=1S/C25H28N2O2/c1-16(28)27-25-15-26-24-8-7-21(14-23(24)25)29-10-9-18-13-22(20-11-19(18)12-20)17-5-3-2-4-6-17/h2-8,14-15,18-20,22,26H,9-13H2,1H3,(H,27,28)/t18-,19?,20?,22-/m1/s1. The van der Waals surface area contributed by atoms with Gasteiger partial charge in [0.25, 0.3) is 0 Å². The molecule has 3 aliphatic carbocycles.